The molecule has 2 aromatic carbocycles. The summed E-state index contributed by atoms with van der Waals surface area (Å²) in [4.78, 5) is 69.1. The number of carbonyl (C=O) groups is 5. The molecule has 7 N–H and O–H groups in total. The highest BCUT2D eigenvalue weighted by atomic mass is 32.1. The standard InChI is InChI=1S/C49H67N5O10S2/c1-28(2)36(50)47(60)64-29(3)63-38(40(44(57)54-42(46(59)52-11)49(7,8)9)62-25-31-14-18-33(19-15-31)35-21-23-66-27-35)37(55)39(43(56)53-41(45(58)51-10)48(4,5)6)61-24-30-12-16-32(17-13-30)34-20-22-65-26-34/h12-23,26-29,36-42,55H,24-25,50H2,1-11H3,(H,51,58)(H,52,59)(H,53,56)(H,54,57)/t29?,36-,37+,38+,39+,40+,41+,42+/m0/s1. The fourth-order valence-electron chi connectivity index (χ4n) is 6.82. The molecule has 0 aliphatic carbocycles. The number of carbonyl (C=O) groups excluding carboxylic acids is 5. The zero-order chi connectivity index (χ0) is 48.9. The first-order chi connectivity index (χ1) is 31.0. The number of ether oxygens (including phenoxy) is 4. The molecule has 4 aromatic rings. The lowest BCUT2D eigenvalue weighted by Gasteiger charge is -2.37. The molecule has 0 aliphatic rings. The van der Waals surface area contributed by atoms with Crippen molar-refractivity contribution >= 4 is 52.3 Å². The van der Waals surface area contributed by atoms with Crippen molar-refractivity contribution in [2.45, 2.75) is 124 Å². The third kappa shape index (κ3) is 15.0. The molecule has 0 aliphatic heterocycles. The number of likely N-dealkylation sites (N-methyl/N-ethyl adjacent to an activating group) is 2. The number of aliphatic hydroxyl groups excluding tert-OH is 1. The van der Waals surface area contributed by atoms with Gasteiger partial charge in [-0.3, -0.25) is 24.0 Å². The van der Waals surface area contributed by atoms with Crippen LogP contribution in [0.5, 0.6) is 0 Å². The molecule has 1 unspecified atom stereocenters. The van der Waals surface area contributed by atoms with Crippen molar-refractivity contribution in [3.8, 4) is 22.3 Å². The van der Waals surface area contributed by atoms with Gasteiger partial charge in [0.1, 0.15) is 30.3 Å². The van der Waals surface area contributed by atoms with Crippen molar-refractivity contribution in [2.75, 3.05) is 14.1 Å². The van der Waals surface area contributed by atoms with Crippen LogP contribution in [0.25, 0.3) is 22.3 Å². The lowest BCUT2D eigenvalue weighted by molar-refractivity contribution is -0.229. The molecule has 8 atom stereocenters. The number of esters is 1. The van der Waals surface area contributed by atoms with Gasteiger partial charge in [0.05, 0.1) is 13.2 Å². The Labute approximate surface area is 396 Å². The summed E-state index contributed by atoms with van der Waals surface area (Å²) in [5.41, 5.74) is 9.72. The van der Waals surface area contributed by atoms with Crippen molar-refractivity contribution in [3.63, 3.8) is 0 Å². The predicted molar refractivity (Wildman–Crippen MR) is 257 cm³/mol. The Hall–Kier alpha value is -5.01. The highest BCUT2D eigenvalue weighted by molar-refractivity contribution is 7.08. The second-order valence-corrected chi connectivity index (χ2v) is 20.2. The van der Waals surface area contributed by atoms with Crippen LogP contribution in [0.1, 0.15) is 73.4 Å². The predicted octanol–water partition coefficient (Wildman–Crippen LogP) is 5.79. The van der Waals surface area contributed by atoms with Gasteiger partial charge in [-0.25, -0.2) is 0 Å². The molecule has 0 spiro atoms. The first kappa shape index (κ1) is 53.6. The third-order valence-electron chi connectivity index (χ3n) is 10.9. The van der Waals surface area contributed by atoms with E-state index in [2.05, 4.69) is 21.3 Å². The number of hydrogen-bond donors (Lipinski definition) is 6. The van der Waals surface area contributed by atoms with E-state index in [-0.39, 0.29) is 19.1 Å². The summed E-state index contributed by atoms with van der Waals surface area (Å²) in [7, 11) is 2.88. The molecule has 66 heavy (non-hydrogen) atoms. The zero-order valence-corrected chi connectivity index (χ0v) is 41.3. The van der Waals surface area contributed by atoms with E-state index < -0.39 is 89.3 Å². The summed E-state index contributed by atoms with van der Waals surface area (Å²) in [6.45, 7) is 15.0. The van der Waals surface area contributed by atoms with Gasteiger partial charge in [0.2, 0.25) is 18.1 Å². The minimum absolute atomic E-state index is 0.210. The fourth-order valence-corrected chi connectivity index (χ4v) is 8.15. The van der Waals surface area contributed by atoms with E-state index in [9.17, 15) is 29.1 Å². The Kier molecular flexibility index (Phi) is 19.6. The Balaban J connectivity index is 1.84. The van der Waals surface area contributed by atoms with Crippen LogP contribution in [-0.2, 0) is 56.1 Å². The van der Waals surface area contributed by atoms with E-state index in [0.717, 1.165) is 22.3 Å². The van der Waals surface area contributed by atoms with Gasteiger partial charge in [-0.05, 0) is 90.7 Å². The highest BCUT2D eigenvalue weighted by Gasteiger charge is 2.47. The van der Waals surface area contributed by atoms with Crippen molar-refractivity contribution in [3.05, 3.63) is 93.3 Å². The Morgan fingerprint density at radius 3 is 1.39 bits per heavy atom. The summed E-state index contributed by atoms with van der Waals surface area (Å²) in [5.74, 6) is -3.94. The minimum atomic E-state index is -2.06. The maximum atomic E-state index is 14.8. The number of rotatable bonds is 22. The lowest BCUT2D eigenvalue weighted by atomic mass is 9.85. The smallest absolute Gasteiger partial charge is 0.325 e. The first-order valence-corrected chi connectivity index (χ1v) is 23.7. The Morgan fingerprint density at radius 2 is 1.03 bits per heavy atom. The summed E-state index contributed by atoms with van der Waals surface area (Å²) >= 11 is 3.13. The zero-order valence-electron chi connectivity index (χ0n) is 39.7. The highest BCUT2D eigenvalue weighted by Crippen LogP contribution is 2.28. The van der Waals surface area contributed by atoms with E-state index in [1.54, 1.807) is 78.1 Å². The van der Waals surface area contributed by atoms with Gasteiger partial charge in [-0.2, -0.15) is 22.7 Å². The molecule has 0 saturated carbocycles. The molecular formula is C49H67N5O10S2. The van der Waals surface area contributed by atoms with Gasteiger partial charge in [0.15, 0.2) is 12.2 Å². The largest absolute Gasteiger partial charge is 0.435 e. The second-order valence-electron chi connectivity index (χ2n) is 18.6. The number of aliphatic hydroxyl groups is 1. The van der Waals surface area contributed by atoms with Crippen LogP contribution in [0.15, 0.2) is 82.2 Å². The first-order valence-electron chi connectivity index (χ1n) is 21.8. The summed E-state index contributed by atoms with van der Waals surface area (Å²) in [5, 5.41) is 31.4. The summed E-state index contributed by atoms with van der Waals surface area (Å²) in [6, 6.07) is 15.6. The van der Waals surface area contributed by atoms with Crippen LogP contribution >= 0.6 is 22.7 Å². The number of nitrogens with one attached hydrogen (secondary N) is 4. The molecule has 4 rings (SSSR count). The van der Waals surface area contributed by atoms with Crippen molar-refractivity contribution in [1.82, 2.24) is 21.3 Å². The topological polar surface area (TPSA) is 217 Å². The number of hydrogen-bond acceptors (Lipinski definition) is 13. The van der Waals surface area contributed by atoms with Crippen molar-refractivity contribution < 1.29 is 48.0 Å². The molecular weight excluding hydrogens is 883 g/mol. The number of benzene rings is 2. The average Bonchev–Trinajstić information content (AvgIpc) is 4.02. The lowest BCUT2D eigenvalue weighted by Crippen LogP contribution is -2.62. The quantitative estimate of drug-likeness (QED) is 0.0410. The molecule has 2 aromatic heterocycles. The van der Waals surface area contributed by atoms with Crippen LogP contribution in [0.4, 0.5) is 0 Å². The monoisotopic (exact) mass is 949 g/mol. The second kappa shape index (κ2) is 24.1. The van der Waals surface area contributed by atoms with E-state index in [1.165, 1.54) is 21.0 Å². The van der Waals surface area contributed by atoms with Gasteiger partial charge in [0, 0.05) is 14.1 Å². The van der Waals surface area contributed by atoms with Crippen molar-refractivity contribution in [2.24, 2.45) is 22.5 Å². The Morgan fingerprint density at radius 1 is 0.621 bits per heavy atom. The summed E-state index contributed by atoms with van der Waals surface area (Å²) in [6.07, 6.45) is -9.03. The molecule has 4 amide bonds. The van der Waals surface area contributed by atoms with E-state index in [1.807, 2.05) is 82.2 Å². The van der Waals surface area contributed by atoms with Crippen LogP contribution in [0.3, 0.4) is 0 Å². The molecule has 0 radical (unpaired) electrons. The minimum Gasteiger partial charge on any atom is -0.435 e. The van der Waals surface area contributed by atoms with Gasteiger partial charge in [0.25, 0.3) is 11.8 Å². The van der Waals surface area contributed by atoms with Gasteiger partial charge < -0.3 is 51.1 Å². The number of thiophene rings is 2. The molecule has 17 heteroatoms. The van der Waals surface area contributed by atoms with Crippen molar-refractivity contribution in [1.29, 1.82) is 0 Å². The normalized spacial score (nSPS) is 15.6. The SMILES string of the molecule is CNC(=O)[C@@H](NC(=O)[C@H](OCc1ccc(-c2ccsc2)cc1)[C@H](O)[C@@H](OC(C)OC(=O)[C@@H](N)C(C)C)[C@@H](OCc1ccc(-c2ccsc2)cc1)C(=O)N[C@H](C(=O)NC)C(C)(C)C)C(C)(C)C. The number of nitrogens with two attached hydrogens (primary N) is 1. The Bertz CT molecular complexity index is 2170. The molecule has 360 valence electrons. The van der Waals surface area contributed by atoms with E-state index >= 15 is 0 Å². The molecule has 15 nitrogen and oxygen atoms in total. The van der Waals surface area contributed by atoms with Crippen LogP contribution in [-0.4, -0.2) is 97.6 Å². The van der Waals surface area contributed by atoms with E-state index in [0.29, 0.717) is 11.1 Å². The molecule has 0 fully saturated rings. The average molecular weight is 950 g/mol. The molecule has 0 bridgehead atoms. The van der Waals surface area contributed by atoms with E-state index in [4.69, 9.17) is 24.7 Å². The maximum Gasteiger partial charge on any atom is 0.325 e. The maximum absolute atomic E-state index is 14.8. The van der Waals surface area contributed by atoms with Crippen LogP contribution in [0, 0.1) is 16.7 Å². The van der Waals surface area contributed by atoms with Gasteiger partial charge in [-0.15, -0.1) is 0 Å². The van der Waals surface area contributed by atoms with Crippen LogP contribution < -0.4 is 27.0 Å². The third-order valence-corrected chi connectivity index (χ3v) is 12.2. The fraction of sp³-hybridized carbons (Fsp3) is 0.490. The van der Waals surface area contributed by atoms with Gasteiger partial charge >= 0.3 is 5.97 Å². The van der Waals surface area contributed by atoms with Crippen LogP contribution in [0.2, 0.25) is 0 Å². The van der Waals surface area contributed by atoms with Gasteiger partial charge in [-0.1, -0.05) is 104 Å². The molecule has 2 heterocycles. The number of amides is 4. The summed E-state index contributed by atoms with van der Waals surface area (Å²) < 4.78 is 24.6. The molecule has 0 saturated heterocycles.